The summed E-state index contributed by atoms with van der Waals surface area (Å²) in [7, 11) is 0. The van der Waals surface area contributed by atoms with E-state index in [0.717, 1.165) is 12.8 Å². The third-order valence-electron chi connectivity index (χ3n) is 3.47. The highest BCUT2D eigenvalue weighted by Gasteiger charge is 2.26. The van der Waals surface area contributed by atoms with Gasteiger partial charge in [0.25, 0.3) is 0 Å². The van der Waals surface area contributed by atoms with Crippen molar-refractivity contribution < 1.29 is 19.4 Å². The monoisotopic (exact) mass is 286 g/mol. The molecule has 0 aliphatic carbocycles. The first kappa shape index (κ1) is 16.9. The highest BCUT2D eigenvalue weighted by atomic mass is 16.5. The number of amides is 1. The molecular weight excluding hydrogens is 260 g/mol. The predicted molar refractivity (Wildman–Crippen MR) is 75.2 cm³/mol. The SMILES string of the molecule is CC(C)C[C@H](N)C(=O)N1CCC(OCCC(=O)O)CC1. The van der Waals surface area contributed by atoms with Crippen LogP contribution in [0.4, 0.5) is 0 Å². The molecule has 0 spiro atoms. The van der Waals surface area contributed by atoms with Crippen LogP contribution in [-0.4, -0.2) is 53.7 Å². The van der Waals surface area contributed by atoms with E-state index in [0.29, 0.717) is 25.4 Å². The average molecular weight is 286 g/mol. The van der Waals surface area contributed by atoms with Crippen LogP contribution in [0.25, 0.3) is 0 Å². The molecule has 1 aliphatic heterocycles. The molecule has 3 N–H and O–H groups in total. The maximum atomic E-state index is 12.1. The van der Waals surface area contributed by atoms with Crippen LogP contribution in [0.15, 0.2) is 0 Å². The number of ether oxygens (including phenoxy) is 1. The number of piperidine rings is 1. The third kappa shape index (κ3) is 5.88. The summed E-state index contributed by atoms with van der Waals surface area (Å²) >= 11 is 0. The van der Waals surface area contributed by atoms with E-state index >= 15 is 0 Å². The summed E-state index contributed by atoms with van der Waals surface area (Å²) in [5, 5.41) is 8.54. The lowest BCUT2D eigenvalue weighted by molar-refractivity contribution is -0.139. The van der Waals surface area contributed by atoms with E-state index in [4.69, 9.17) is 15.6 Å². The zero-order valence-electron chi connectivity index (χ0n) is 12.4. The summed E-state index contributed by atoms with van der Waals surface area (Å²) in [5.74, 6) is -0.425. The molecule has 116 valence electrons. The summed E-state index contributed by atoms with van der Waals surface area (Å²) in [6.07, 6.45) is 2.28. The molecular formula is C14H26N2O4. The molecule has 6 heteroatoms. The molecule has 0 radical (unpaired) electrons. The topological polar surface area (TPSA) is 92.9 Å². The minimum Gasteiger partial charge on any atom is -0.481 e. The van der Waals surface area contributed by atoms with Crippen LogP contribution < -0.4 is 5.73 Å². The van der Waals surface area contributed by atoms with Gasteiger partial charge in [0, 0.05) is 13.1 Å². The van der Waals surface area contributed by atoms with Crippen LogP contribution in [0.1, 0.15) is 39.5 Å². The van der Waals surface area contributed by atoms with E-state index in [9.17, 15) is 9.59 Å². The van der Waals surface area contributed by atoms with Gasteiger partial charge in [-0.15, -0.1) is 0 Å². The van der Waals surface area contributed by atoms with Crippen molar-refractivity contribution in [3.8, 4) is 0 Å². The van der Waals surface area contributed by atoms with Gasteiger partial charge in [-0.05, 0) is 25.2 Å². The van der Waals surface area contributed by atoms with Gasteiger partial charge >= 0.3 is 5.97 Å². The Morgan fingerprint density at radius 3 is 2.45 bits per heavy atom. The summed E-state index contributed by atoms with van der Waals surface area (Å²) in [6, 6.07) is -0.417. The smallest absolute Gasteiger partial charge is 0.305 e. The van der Waals surface area contributed by atoms with Crippen molar-refractivity contribution in [2.24, 2.45) is 11.7 Å². The van der Waals surface area contributed by atoms with Gasteiger partial charge in [-0.3, -0.25) is 9.59 Å². The summed E-state index contributed by atoms with van der Waals surface area (Å²) in [6.45, 7) is 5.62. The van der Waals surface area contributed by atoms with Gasteiger partial charge in [0.15, 0.2) is 0 Å². The van der Waals surface area contributed by atoms with Crippen molar-refractivity contribution in [2.45, 2.75) is 51.7 Å². The van der Waals surface area contributed by atoms with Crippen molar-refractivity contribution in [1.82, 2.24) is 4.90 Å². The summed E-state index contributed by atoms with van der Waals surface area (Å²) in [5.41, 5.74) is 5.91. The fourth-order valence-electron chi connectivity index (χ4n) is 2.40. The Bertz CT molecular complexity index is 325. The molecule has 0 saturated carbocycles. The van der Waals surface area contributed by atoms with E-state index in [-0.39, 0.29) is 25.0 Å². The molecule has 1 heterocycles. The third-order valence-corrected chi connectivity index (χ3v) is 3.47. The molecule has 1 fully saturated rings. The van der Waals surface area contributed by atoms with E-state index in [1.807, 2.05) is 0 Å². The van der Waals surface area contributed by atoms with Gasteiger partial charge in [-0.2, -0.15) is 0 Å². The molecule has 1 amide bonds. The molecule has 0 aromatic carbocycles. The van der Waals surface area contributed by atoms with Crippen LogP contribution in [-0.2, 0) is 14.3 Å². The van der Waals surface area contributed by atoms with E-state index in [1.165, 1.54) is 0 Å². The lowest BCUT2D eigenvalue weighted by atomic mass is 10.0. The van der Waals surface area contributed by atoms with E-state index in [2.05, 4.69) is 13.8 Å². The number of nitrogens with two attached hydrogens (primary N) is 1. The van der Waals surface area contributed by atoms with Crippen LogP contribution in [0, 0.1) is 5.92 Å². The molecule has 20 heavy (non-hydrogen) atoms. The highest BCUT2D eigenvalue weighted by Crippen LogP contribution is 2.16. The van der Waals surface area contributed by atoms with Crippen LogP contribution >= 0.6 is 0 Å². The zero-order chi connectivity index (χ0) is 15.1. The molecule has 1 saturated heterocycles. The van der Waals surface area contributed by atoms with Crippen molar-refractivity contribution in [3.63, 3.8) is 0 Å². The fourth-order valence-corrected chi connectivity index (χ4v) is 2.40. The number of likely N-dealkylation sites (tertiary alicyclic amines) is 1. The molecule has 1 aliphatic rings. The van der Waals surface area contributed by atoms with Crippen molar-refractivity contribution in [3.05, 3.63) is 0 Å². The van der Waals surface area contributed by atoms with Crippen LogP contribution in [0.2, 0.25) is 0 Å². The Morgan fingerprint density at radius 2 is 1.95 bits per heavy atom. The predicted octanol–water partition coefficient (Wildman–Crippen LogP) is 0.842. The largest absolute Gasteiger partial charge is 0.481 e. The van der Waals surface area contributed by atoms with Crippen LogP contribution in [0.5, 0.6) is 0 Å². The molecule has 0 aromatic heterocycles. The Morgan fingerprint density at radius 1 is 1.35 bits per heavy atom. The standard InChI is InChI=1S/C14H26N2O4/c1-10(2)9-12(15)14(19)16-6-3-11(4-7-16)20-8-5-13(17)18/h10-12H,3-9,15H2,1-2H3,(H,17,18)/t12-/m0/s1. The zero-order valence-corrected chi connectivity index (χ0v) is 12.4. The van der Waals surface area contributed by atoms with Gasteiger partial charge in [0.2, 0.25) is 5.91 Å². The molecule has 1 atom stereocenters. The Hall–Kier alpha value is -1.14. The minimum absolute atomic E-state index is 0.0164. The quantitative estimate of drug-likeness (QED) is 0.723. The second kappa shape index (κ2) is 8.21. The number of rotatable bonds is 7. The fraction of sp³-hybridized carbons (Fsp3) is 0.857. The van der Waals surface area contributed by atoms with Crippen molar-refractivity contribution >= 4 is 11.9 Å². The lowest BCUT2D eigenvalue weighted by Crippen LogP contribution is -2.48. The lowest BCUT2D eigenvalue weighted by Gasteiger charge is -2.33. The second-order valence-electron chi connectivity index (χ2n) is 5.78. The number of nitrogens with zero attached hydrogens (tertiary/aromatic N) is 1. The van der Waals surface area contributed by atoms with Gasteiger partial charge in [-0.1, -0.05) is 13.8 Å². The Labute approximate surface area is 120 Å². The van der Waals surface area contributed by atoms with E-state index in [1.54, 1.807) is 4.90 Å². The number of carbonyl (C=O) groups is 2. The molecule has 1 rings (SSSR count). The Balaban J connectivity index is 2.27. The molecule has 0 aromatic rings. The average Bonchev–Trinajstić information content (AvgIpc) is 2.37. The summed E-state index contributed by atoms with van der Waals surface area (Å²) < 4.78 is 5.50. The molecule has 0 unspecified atom stereocenters. The van der Waals surface area contributed by atoms with E-state index < -0.39 is 12.0 Å². The number of carboxylic acids is 1. The highest BCUT2D eigenvalue weighted by molar-refractivity contribution is 5.81. The van der Waals surface area contributed by atoms with Crippen molar-refractivity contribution in [2.75, 3.05) is 19.7 Å². The number of carbonyl (C=O) groups excluding carboxylic acids is 1. The number of aliphatic carboxylic acids is 1. The normalized spacial score (nSPS) is 18.3. The minimum atomic E-state index is -0.850. The molecule has 6 nitrogen and oxygen atoms in total. The Kier molecular flexibility index (Phi) is 6.95. The maximum Gasteiger partial charge on any atom is 0.305 e. The van der Waals surface area contributed by atoms with Gasteiger partial charge in [0.1, 0.15) is 0 Å². The number of hydrogen-bond donors (Lipinski definition) is 2. The first-order valence-corrected chi connectivity index (χ1v) is 7.28. The van der Waals surface area contributed by atoms with Gasteiger partial charge in [0.05, 0.1) is 25.2 Å². The van der Waals surface area contributed by atoms with Crippen molar-refractivity contribution in [1.29, 1.82) is 0 Å². The maximum absolute atomic E-state index is 12.1. The first-order valence-electron chi connectivity index (χ1n) is 7.28. The van der Waals surface area contributed by atoms with Crippen LogP contribution in [0.3, 0.4) is 0 Å². The number of hydrogen-bond acceptors (Lipinski definition) is 4. The summed E-state index contributed by atoms with van der Waals surface area (Å²) in [4.78, 5) is 24.3. The molecule has 0 bridgehead atoms. The second-order valence-corrected chi connectivity index (χ2v) is 5.78. The number of carboxylic acid groups (broad SMARTS) is 1. The van der Waals surface area contributed by atoms with Gasteiger partial charge < -0.3 is 20.5 Å². The van der Waals surface area contributed by atoms with Gasteiger partial charge in [-0.25, -0.2) is 0 Å². The first-order chi connectivity index (χ1) is 9.40.